The number of fused-ring (bicyclic) bond motifs is 1. The summed E-state index contributed by atoms with van der Waals surface area (Å²) in [7, 11) is 0. The summed E-state index contributed by atoms with van der Waals surface area (Å²) in [5.74, 6) is 0.271. The van der Waals surface area contributed by atoms with E-state index in [1.165, 1.54) is 0 Å². The molecule has 1 saturated heterocycles. The number of nitrogens with two attached hydrogens (primary N) is 1. The van der Waals surface area contributed by atoms with Crippen LogP contribution in [0.25, 0.3) is 11.2 Å². The highest BCUT2D eigenvalue weighted by atomic mass is 79.9. The SMILES string of the molecule is Nc1nc(Br)nc2c1ncn2C1CC(O)C(CO)O1. The quantitative estimate of drug-likeness (QED) is 0.653. The molecule has 3 atom stereocenters. The second-order valence-electron chi connectivity index (χ2n) is 4.32. The summed E-state index contributed by atoms with van der Waals surface area (Å²) >= 11 is 3.17. The first kappa shape index (κ1) is 12.7. The predicted molar refractivity (Wildman–Crippen MR) is 69.1 cm³/mol. The number of anilines is 1. The molecule has 3 heterocycles. The molecule has 0 bridgehead atoms. The van der Waals surface area contributed by atoms with Crippen LogP contribution in [0.1, 0.15) is 12.6 Å². The van der Waals surface area contributed by atoms with Crippen molar-refractivity contribution >= 4 is 32.9 Å². The van der Waals surface area contributed by atoms with Gasteiger partial charge in [-0.15, -0.1) is 0 Å². The number of rotatable bonds is 2. The van der Waals surface area contributed by atoms with E-state index in [-0.39, 0.29) is 12.4 Å². The van der Waals surface area contributed by atoms with Crippen LogP contribution in [0.4, 0.5) is 5.82 Å². The number of nitrogens with zero attached hydrogens (tertiary/aromatic N) is 4. The second kappa shape index (κ2) is 4.67. The molecule has 8 nitrogen and oxygen atoms in total. The molecule has 2 aromatic rings. The van der Waals surface area contributed by atoms with Crippen molar-refractivity contribution in [2.24, 2.45) is 0 Å². The largest absolute Gasteiger partial charge is 0.394 e. The maximum absolute atomic E-state index is 9.75. The summed E-state index contributed by atoms with van der Waals surface area (Å²) in [4.78, 5) is 12.3. The number of imidazole rings is 1. The molecule has 2 aromatic heterocycles. The Morgan fingerprint density at radius 3 is 3.00 bits per heavy atom. The van der Waals surface area contributed by atoms with Crippen molar-refractivity contribution in [3.8, 4) is 0 Å². The molecule has 3 rings (SSSR count). The van der Waals surface area contributed by atoms with Crippen molar-refractivity contribution in [1.29, 1.82) is 0 Å². The molecule has 0 aliphatic carbocycles. The molecule has 0 saturated carbocycles. The second-order valence-corrected chi connectivity index (χ2v) is 5.03. The molecule has 4 N–H and O–H groups in total. The van der Waals surface area contributed by atoms with Crippen molar-refractivity contribution in [3.63, 3.8) is 0 Å². The number of aromatic nitrogens is 4. The van der Waals surface area contributed by atoms with Crippen LogP contribution in [-0.2, 0) is 4.74 Å². The van der Waals surface area contributed by atoms with Gasteiger partial charge in [-0.1, -0.05) is 0 Å². The van der Waals surface area contributed by atoms with Crippen LogP contribution in [0.3, 0.4) is 0 Å². The standard InChI is InChI=1S/C10H12BrN5O3/c11-10-14-8(12)7-9(15-10)16(3-13-7)6-1-4(18)5(2-17)19-6/h3-6,17-18H,1-2H2,(H2,12,14,15). The maximum Gasteiger partial charge on any atom is 0.200 e. The van der Waals surface area contributed by atoms with E-state index in [2.05, 4.69) is 30.9 Å². The molecule has 19 heavy (non-hydrogen) atoms. The third-order valence-corrected chi connectivity index (χ3v) is 3.47. The van der Waals surface area contributed by atoms with Gasteiger partial charge >= 0.3 is 0 Å². The number of hydrogen-bond acceptors (Lipinski definition) is 7. The maximum atomic E-state index is 9.75. The zero-order chi connectivity index (χ0) is 13.6. The molecular weight excluding hydrogens is 318 g/mol. The van der Waals surface area contributed by atoms with Gasteiger partial charge in [-0.3, -0.25) is 4.57 Å². The minimum atomic E-state index is -0.713. The Hall–Kier alpha value is -1.29. The van der Waals surface area contributed by atoms with E-state index in [9.17, 15) is 5.11 Å². The molecule has 0 amide bonds. The van der Waals surface area contributed by atoms with Crippen molar-refractivity contribution in [3.05, 3.63) is 11.1 Å². The molecule has 9 heteroatoms. The van der Waals surface area contributed by atoms with Gasteiger partial charge in [0.15, 0.2) is 11.5 Å². The van der Waals surface area contributed by atoms with Gasteiger partial charge in [-0.25, -0.2) is 15.0 Å². The first-order chi connectivity index (χ1) is 9.10. The highest BCUT2D eigenvalue weighted by Gasteiger charge is 2.35. The summed E-state index contributed by atoms with van der Waals surface area (Å²) in [6, 6.07) is 0. The molecule has 102 valence electrons. The zero-order valence-electron chi connectivity index (χ0n) is 9.77. The molecular formula is C10H12BrN5O3. The molecule has 3 unspecified atom stereocenters. The zero-order valence-corrected chi connectivity index (χ0v) is 11.4. The van der Waals surface area contributed by atoms with E-state index in [0.29, 0.717) is 22.3 Å². The van der Waals surface area contributed by atoms with Crippen LogP contribution in [0.5, 0.6) is 0 Å². The van der Waals surface area contributed by atoms with E-state index in [0.717, 1.165) is 0 Å². The van der Waals surface area contributed by atoms with Crippen molar-refractivity contribution in [2.75, 3.05) is 12.3 Å². The lowest BCUT2D eigenvalue weighted by Gasteiger charge is -2.13. The Kier molecular flexibility index (Phi) is 3.13. The minimum absolute atomic E-state index is 0.231. The normalized spacial score (nSPS) is 27.2. The topological polar surface area (TPSA) is 119 Å². The predicted octanol–water partition coefficient (Wildman–Crippen LogP) is -0.188. The summed E-state index contributed by atoms with van der Waals surface area (Å²) in [5.41, 5.74) is 6.77. The van der Waals surface area contributed by atoms with Gasteiger partial charge in [0, 0.05) is 6.42 Å². The van der Waals surface area contributed by atoms with Gasteiger partial charge in [0.2, 0.25) is 4.73 Å². The highest BCUT2D eigenvalue weighted by Crippen LogP contribution is 2.31. The van der Waals surface area contributed by atoms with E-state index in [4.69, 9.17) is 15.6 Å². The lowest BCUT2D eigenvalue weighted by atomic mass is 10.2. The Balaban J connectivity index is 2.02. The number of nitrogen functional groups attached to an aromatic ring is 1. The number of ether oxygens (including phenoxy) is 1. The monoisotopic (exact) mass is 329 g/mol. The molecule has 1 aliphatic rings. The van der Waals surface area contributed by atoms with Gasteiger partial charge in [0.05, 0.1) is 19.0 Å². The van der Waals surface area contributed by atoms with Gasteiger partial charge in [-0.05, 0) is 15.9 Å². The average Bonchev–Trinajstić information content (AvgIpc) is 2.92. The summed E-state index contributed by atoms with van der Waals surface area (Å²) in [5, 5.41) is 18.8. The summed E-state index contributed by atoms with van der Waals surface area (Å²) in [6.45, 7) is -0.231. The van der Waals surface area contributed by atoms with Crippen molar-refractivity contribution < 1.29 is 14.9 Å². The van der Waals surface area contributed by atoms with Crippen LogP contribution in [0.2, 0.25) is 0 Å². The van der Waals surface area contributed by atoms with Crippen LogP contribution >= 0.6 is 15.9 Å². The number of aliphatic hydroxyl groups excluding tert-OH is 2. The van der Waals surface area contributed by atoms with Crippen molar-refractivity contribution in [1.82, 2.24) is 19.5 Å². The van der Waals surface area contributed by atoms with Crippen molar-refractivity contribution in [2.45, 2.75) is 24.9 Å². The summed E-state index contributed by atoms with van der Waals surface area (Å²) < 4.78 is 7.60. The fourth-order valence-corrected chi connectivity index (χ4v) is 2.53. The van der Waals surface area contributed by atoms with E-state index >= 15 is 0 Å². The van der Waals surface area contributed by atoms with Crippen LogP contribution in [0.15, 0.2) is 11.1 Å². The highest BCUT2D eigenvalue weighted by molar-refractivity contribution is 9.10. The average molecular weight is 330 g/mol. The Labute approximate surface area is 116 Å². The fourth-order valence-electron chi connectivity index (χ4n) is 2.17. The number of aliphatic hydroxyl groups is 2. The first-order valence-electron chi connectivity index (χ1n) is 5.70. The van der Waals surface area contributed by atoms with Crippen LogP contribution in [-0.4, -0.2) is 48.5 Å². The first-order valence-corrected chi connectivity index (χ1v) is 6.49. The molecule has 1 aliphatic heterocycles. The van der Waals surface area contributed by atoms with Gasteiger partial charge in [0.1, 0.15) is 17.8 Å². The van der Waals surface area contributed by atoms with E-state index < -0.39 is 18.4 Å². The number of hydrogen-bond donors (Lipinski definition) is 3. The van der Waals surface area contributed by atoms with Crippen LogP contribution < -0.4 is 5.73 Å². The number of halogens is 1. The van der Waals surface area contributed by atoms with Gasteiger partial charge in [-0.2, -0.15) is 0 Å². The van der Waals surface area contributed by atoms with Gasteiger partial charge in [0.25, 0.3) is 0 Å². The van der Waals surface area contributed by atoms with Gasteiger partial charge < -0.3 is 20.7 Å². The Bertz CT molecular complexity index is 618. The minimum Gasteiger partial charge on any atom is -0.394 e. The summed E-state index contributed by atoms with van der Waals surface area (Å²) in [6.07, 6.45) is 0.163. The van der Waals surface area contributed by atoms with E-state index in [1.807, 2.05) is 0 Å². The molecule has 0 aromatic carbocycles. The molecule has 1 fully saturated rings. The fraction of sp³-hybridized carbons (Fsp3) is 0.500. The Morgan fingerprint density at radius 1 is 1.53 bits per heavy atom. The smallest absolute Gasteiger partial charge is 0.200 e. The lowest BCUT2D eigenvalue weighted by molar-refractivity contribution is -0.0432. The third-order valence-electron chi connectivity index (χ3n) is 3.12. The molecule has 0 spiro atoms. The van der Waals surface area contributed by atoms with Crippen LogP contribution in [0, 0.1) is 0 Å². The lowest BCUT2D eigenvalue weighted by Crippen LogP contribution is -2.24. The third kappa shape index (κ3) is 2.08. The Morgan fingerprint density at radius 2 is 2.32 bits per heavy atom. The van der Waals surface area contributed by atoms with E-state index in [1.54, 1.807) is 10.9 Å². The molecule has 0 radical (unpaired) electrons.